The van der Waals surface area contributed by atoms with E-state index in [1.807, 2.05) is 42.5 Å². The van der Waals surface area contributed by atoms with Crippen molar-refractivity contribution in [1.82, 2.24) is 24.8 Å². The molecule has 10 heteroatoms. The summed E-state index contributed by atoms with van der Waals surface area (Å²) in [6.45, 7) is 4.82. The number of nitrogens with zero attached hydrogens (tertiary/aromatic N) is 4. The Kier molecular flexibility index (Phi) is 8.63. The number of anilines is 1. The molecule has 5 aromatic rings. The summed E-state index contributed by atoms with van der Waals surface area (Å²) in [5.41, 5.74) is 10.9. The average molecular weight is 595 g/mol. The molecule has 1 fully saturated rings. The Balaban J connectivity index is 1.20. The Labute approximate surface area is 254 Å². The van der Waals surface area contributed by atoms with Gasteiger partial charge >= 0.3 is 0 Å². The standard InChI is InChI=1S/C34H35FN6O3/c1-2-41(13-15-42)14-16-44-25-8-4-6-22(18-25)30-20-37-33(36)31(38-30)34-39-28-12-9-23(19-29(28)40-34)32(43)27-11-10-26(27)21-5-3-7-24(35)17-21/h3-9,12,17-20,26-27,42H,2,10-11,13-16H2,1H3,(H2,36,37)(H,39,40). The monoisotopic (exact) mass is 594 g/mol. The summed E-state index contributed by atoms with van der Waals surface area (Å²) in [7, 11) is 0. The molecule has 2 atom stereocenters. The van der Waals surface area contributed by atoms with Gasteiger partial charge < -0.3 is 20.6 Å². The van der Waals surface area contributed by atoms with Gasteiger partial charge in [-0.25, -0.2) is 19.3 Å². The molecule has 0 saturated heterocycles. The van der Waals surface area contributed by atoms with Crippen molar-refractivity contribution in [2.45, 2.75) is 25.7 Å². The Bertz CT molecular complexity index is 1790. The van der Waals surface area contributed by atoms with Crippen molar-refractivity contribution in [3.63, 3.8) is 0 Å². The van der Waals surface area contributed by atoms with E-state index in [2.05, 4.69) is 26.8 Å². The number of aromatic amines is 1. The molecule has 1 saturated carbocycles. The lowest BCUT2D eigenvalue weighted by Gasteiger charge is -2.36. The minimum absolute atomic E-state index is 0.0187. The highest BCUT2D eigenvalue weighted by Gasteiger charge is 2.38. The number of aliphatic hydroxyl groups excluding tert-OH is 1. The number of aliphatic hydroxyl groups is 1. The SMILES string of the molecule is CCN(CCO)CCOc1cccc(-c2cnc(N)c(-c3nc4ccc(C(=O)C5CCC5c5cccc(F)c5)cc4[nH]3)n2)c1. The Morgan fingerprint density at radius 2 is 1.95 bits per heavy atom. The summed E-state index contributed by atoms with van der Waals surface area (Å²) in [4.78, 5) is 32.7. The molecule has 4 N–H and O–H groups in total. The summed E-state index contributed by atoms with van der Waals surface area (Å²) < 4.78 is 19.8. The van der Waals surface area contributed by atoms with Crippen LogP contribution < -0.4 is 10.5 Å². The van der Waals surface area contributed by atoms with Gasteiger partial charge in [0.05, 0.1) is 29.5 Å². The summed E-state index contributed by atoms with van der Waals surface area (Å²) in [6, 6.07) is 19.6. The van der Waals surface area contributed by atoms with Crippen molar-refractivity contribution in [2.24, 2.45) is 5.92 Å². The number of fused-ring (bicyclic) bond motifs is 1. The third-order valence-electron chi connectivity index (χ3n) is 8.35. The van der Waals surface area contributed by atoms with Gasteiger partial charge in [-0.05, 0) is 73.3 Å². The van der Waals surface area contributed by atoms with Gasteiger partial charge in [0.1, 0.15) is 23.9 Å². The number of halogens is 1. The number of nitrogens with one attached hydrogen (secondary N) is 1. The highest BCUT2D eigenvalue weighted by Crippen LogP contribution is 2.44. The van der Waals surface area contributed by atoms with Crippen LogP contribution in [0.25, 0.3) is 33.8 Å². The zero-order chi connectivity index (χ0) is 30.6. The van der Waals surface area contributed by atoms with Crippen LogP contribution in [0.2, 0.25) is 0 Å². The molecule has 9 nitrogen and oxygen atoms in total. The van der Waals surface area contributed by atoms with E-state index in [0.717, 1.165) is 30.5 Å². The lowest BCUT2D eigenvalue weighted by atomic mass is 9.67. The number of carbonyl (C=O) groups excluding carboxylic acids is 1. The zero-order valence-corrected chi connectivity index (χ0v) is 24.5. The van der Waals surface area contributed by atoms with Gasteiger partial charge in [-0.2, -0.15) is 0 Å². The molecule has 226 valence electrons. The van der Waals surface area contributed by atoms with E-state index in [-0.39, 0.29) is 35.9 Å². The van der Waals surface area contributed by atoms with Gasteiger partial charge in [-0.1, -0.05) is 31.2 Å². The van der Waals surface area contributed by atoms with E-state index >= 15 is 0 Å². The Morgan fingerprint density at radius 1 is 1.09 bits per heavy atom. The normalized spacial score (nSPS) is 16.3. The van der Waals surface area contributed by atoms with Gasteiger partial charge in [0.25, 0.3) is 0 Å². The van der Waals surface area contributed by atoms with Crippen molar-refractivity contribution < 1.29 is 19.0 Å². The van der Waals surface area contributed by atoms with E-state index in [9.17, 15) is 14.3 Å². The van der Waals surface area contributed by atoms with Gasteiger partial charge in [-0.15, -0.1) is 0 Å². The van der Waals surface area contributed by atoms with Crippen LogP contribution in [0.5, 0.6) is 5.75 Å². The van der Waals surface area contributed by atoms with Crippen molar-refractivity contribution in [2.75, 3.05) is 38.6 Å². The summed E-state index contributed by atoms with van der Waals surface area (Å²) in [6.07, 6.45) is 3.26. The summed E-state index contributed by atoms with van der Waals surface area (Å²) in [5, 5.41) is 9.20. The fourth-order valence-electron chi connectivity index (χ4n) is 5.76. The highest BCUT2D eigenvalue weighted by molar-refractivity contribution is 6.01. The molecule has 1 aliphatic carbocycles. The molecule has 2 heterocycles. The predicted molar refractivity (Wildman–Crippen MR) is 168 cm³/mol. The number of ketones is 1. The number of nitrogen functional groups attached to an aromatic ring is 1. The first-order valence-corrected chi connectivity index (χ1v) is 14.9. The molecular weight excluding hydrogens is 559 g/mol. The topological polar surface area (TPSA) is 130 Å². The number of nitrogens with two attached hydrogens (primary N) is 1. The molecule has 0 aliphatic heterocycles. The summed E-state index contributed by atoms with van der Waals surface area (Å²) in [5.74, 6) is 0.984. The smallest absolute Gasteiger partial charge is 0.166 e. The Hall–Kier alpha value is -4.67. The molecular formula is C34H35FN6O3. The number of hydrogen-bond donors (Lipinski definition) is 3. The maximum absolute atomic E-state index is 13.8. The molecule has 0 bridgehead atoms. The highest BCUT2D eigenvalue weighted by atomic mass is 19.1. The predicted octanol–water partition coefficient (Wildman–Crippen LogP) is 5.48. The van der Waals surface area contributed by atoms with Crippen LogP contribution in [0, 0.1) is 11.7 Å². The van der Waals surface area contributed by atoms with Gasteiger partial charge in [0.2, 0.25) is 0 Å². The van der Waals surface area contributed by atoms with Gasteiger partial charge in [0, 0.05) is 30.1 Å². The summed E-state index contributed by atoms with van der Waals surface area (Å²) >= 11 is 0. The van der Waals surface area contributed by atoms with Crippen LogP contribution in [0.1, 0.15) is 41.6 Å². The maximum Gasteiger partial charge on any atom is 0.166 e. The quantitative estimate of drug-likeness (QED) is 0.162. The minimum atomic E-state index is -0.284. The Morgan fingerprint density at radius 3 is 2.73 bits per heavy atom. The molecule has 0 amide bonds. The molecule has 6 rings (SSSR count). The van der Waals surface area contributed by atoms with Crippen LogP contribution in [0.4, 0.5) is 10.2 Å². The fraction of sp³-hybridized carbons (Fsp3) is 0.294. The van der Waals surface area contributed by atoms with Crippen LogP contribution in [0.15, 0.2) is 72.9 Å². The molecule has 1 aliphatic rings. The van der Waals surface area contributed by atoms with Crippen LogP contribution >= 0.6 is 0 Å². The van der Waals surface area contributed by atoms with E-state index < -0.39 is 0 Å². The maximum atomic E-state index is 13.8. The number of benzene rings is 3. The molecule has 0 radical (unpaired) electrons. The number of ether oxygens (including phenoxy) is 1. The van der Waals surface area contributed by atoms with E-state index in [1.54, 1.807) is 18.3 Å². The third kappa shape index (κ3) is 6.17. The molecule has 0 spiro atoms. The van der Waals surface area contributed by atoms with Gasteiger partial charge in [0.15, 0.2) is 17.4 Å². The number of imidazole rings is 1. The number of Topliss-reactive ketones (excluding diaryl/α,β-unsaturated/α-hetero) is 1. The molecule has 2 aromatic heterocycles. The first-order chi connectivity index (χ1) is 21.4. The van der Waals surface area contributed by atoms with Crippen molar-refractivity contribution in [1.29, 1.82) is 0 Å². The second kappa shape index (κ2) is 12.9. The zero-order valence-electron chi connectivity index (χ0n) is 24.5. The lowest BCUT2D eigenvalue weighted by Crippen LogP contribution is -2.31. The first kappa shape index (κ1) is 29.4. The van der Waals surface area contributed by atoms with Crippen LogP contribution in [-0.4, -0.2) is 68.6 Å². The van der Waals surface area contributed by atoms with E-state index in [4.69, 9.17) is 15.5 Å². The molecule has 44 heavy (non-hydrogen) atoms. The largest absolute Gasteiger partial charge is 0.492 e. The fourth-order valence-corrected chi connectivity index (χ4v) is 5.76. The van der Waals surface area contributed by atoms with Gasteiger partial charge in [-0.3, -0.25) is 9.69 Å². The minimum Gasteiger partial charge on any atom is -0.492 e. The number of rotatable bonds is 12. The number of hydrogen-bond acceptors (Lipinski definition) is 8. The second-order valence-electron chi connectivity index (χ2n) is 11.1. The van der Waals surface area contributed by atoms with E-state index in [1.165, 1.54) is 12.1 Å². The second-order valence-corrected chi connectivity index (χ2v) is 11.1. The average Bonchev–Trinajstić information content (AvgIpc) is 3.44. The van der Waals surface area contributed by atoms with Crippen molar-refractivity contribution in [3.05, 3.63) is 89.9 Å². The van der Waals surface area contributed by atoms with E-state index in [0.29, 0.717) is 59.3 Å². The number of likely N-dealkylation sites (N-methyl/N-ethyl adjacent to an activating group) is 1. The molecule has 3 aromatic carbocycles. The lowest BCUT2D eigenvalue weighted by molar-refractivity contribution is 0.0819. The third-order valence-corrected chi connectivity index (χ3v) is 8.35. The van der Waals surface area contributed by atoms with Crippen molar-refractivity contribution in [3.8, 4) is 28.5 Å². The number of carbonyl (C=O) groups is 1. The van der Waals surface area contributed by atoms with Crippen LogP contribution in [0.3, 0.4) is 0 Å². The number of aromatic nitrogens is 4. The first-order valence-electron chi connectivity index (χ1n) is 14.9. The number of H-pyrrole nitrogens is 1. The van der Waals surface area contributed by atoms with Crippen LogP contribution in [-0.2, 0) is 0 Å². The van der Waals surface area contributed by atoms with Crippen molar-refractivity contribution >= 4 is 22.6 Å². The molecule has 2 unspecified atom stereocenters.